The summed E-state index contributed by atoms with van der Waals surface area (Å²) < 4.78 is 27.1. The Morgan fingerprint density at radius 2 is 1.70 bits per heavy atom. The molecule has 5 nitrogen and oxygen atoms in total. The summed E-state index contributed by atoms with van der Waals surface area (Å²) in [6, 6.07) is 7.46. The van der Waals surface area contributed by atoms with E-state index < -0.39 is 16.3 Å². The molecule has 0 spiro atoms. The predicted octanol–water partition coefficient (Wildman–Crippen LogP) is 1.55. The Kier molecular flexibility index (Phi) is 6.13. The molecule has 0 bridgehead atoms. The first kappa shape index (κ1) is 17.1. The van der Waals surface area contributed by atoms with E-state index in [-0.39, 0.29) is 6.54 Å². The molecule has 1 aromatic rings. The summed E-state index contributed by atoms with van der Waals surface area (Å²) in [6.45, 7) is 6.31. The molecule has 0 amide bonds. The van der Waals surface area contributed by atoms with Crippen LogP contribution >= 0.6 is 0 Å². The Balaban J connectivity index is 2.86. The normalized spacial score (nSPS) is 13.9. The molecular weight excluding hydrogens is 276 g/mol. The minimum Gasteiger partial charge on any atom is -0.387 e. The van der Waals surface area contributed by atoms with Gasteiger partial charge in [0.05, 0.1) is 6.10 Å². The Hall–Kier alpha value is -0.950. The van der Waals surface area contributed by atoms with E-state index in [1.165, 1.54) is 15.7 Å². The van der Waals surface area contributed by atoms with E-state index in [4.69, 9.17) is 0 Å². The van der Waals surface area contributed by atoms with E-state index in [9.17, 15) is 13.5 Å². The van der Waals surface area contributed by atoms with Crippen molar-refractivity contribution in [3.8, 4) is 0 Å². The van der Waals surface area contributed by atoms with Gasteiger partial charge in [-0.1, -0.05) is 43.7 Å². The van der Waals surface area contributed by atoms with Gasteiger partial charge in [-0.25, -0.2) is 0 Å². The second-order valence-electron chi connectivity index (χ2n) is 4.80. The summed E-state index contributed by atoms with van der Waals surface area (Å²) in [5.41, 5.74) is 1.83. The number of hydrogen-bond donors (Lipinski definition) is 1. The lowest BCUT2D eigenvalue weighted by molar-refractivity contribution is 0.146. The number of rotatable bonds is 7. The average molecular weight is 300 g/mol. The highest BCUT2D eigenvalue weighted by Crippen LogP contribution is 2.17. The summed E-state index contributed by atoms with van der Waals surface area (Å²) in [5, 5.41) is 10.2. The van der Waals surface area contributed by atoms with Gasteiger partial charge in [0, 0.05) is 26.7 Å². The molecule has 6 heteroatoms. The van der Waals surface area contributed by atoms with Gasteiger partial charge in [0.1, 0.15) is 0 Å². The van der Waals surface area contributed by atoms with Crippen molar-refractivity contribution in [1.82, 2.24) is 8.61 Å². The van der Waals surface area contributed by atoms with Crippen LogP contribution in [-0.4, -0.2) is 48.8 Å². The zero-order chi connectivity index (χ0) is 15.3. The molecule has 0 saturated carbocycles. The van der Waals surface area contributed by atoms with Crippen LogP contribution in [0.25, 0.3) is 0 Å². The summed E-state index contributed by atoms with van der Waals surface area (Å²) in [7, 11) is -1.97. The van der Waals surface area contributed by atoms with Gasteiger partial charge in [-0.3, -0.25) is 0 Å². The highest BCUT2D eigenvalue weighted by molar-refractivity contribution is 7.86. The Morgan fingerprint density at radius 1 is 1.15 bits per heavy atom. The van der Waals surface area contributed by atoms with Crippen LogP contribution in [0.2, 0.25) is 0 Å². The first-order valence-corrected chi connectivity index (χ1v) is 8.18. The van der Waals surface area contributed by atoms with Crippen molar-refractivity contribution in [3.63, 3.8) is 0 Å². The smallest absolute Gasteiger partial charge is 0.281 e. The predicted molar refractivity (Wildman–Crippen MR) is 80.6 cm³/mol. The van der Waals surface area contributed by atoms with E-state index in [2.05, 4.69) is 0 Å². The van der Waals surface area contributed by atoms with Crippen LogP contribution < -0.4 is 0 Å². The van der Waals surface area contributed by atoms with Gasteiger partial charge in [-0.15, -0.1) is 0 Å². The standard InChI is InChI=1S/C14H24N2O3S/c1-5-15(4)20(18,19)16(6-2)11-14(17)13-9-7-12(3)8-10-13/h7-10,14,17H,5-6,11H2,1-4H3. The Labute approximate surface area is 122 Å². The third-order valence-corrected chi connectivity index (χ3v) is 5.46. The van der Waals surface area contributed by atoms with E-state index in [1.54, 1.807) is 13.8 Å². The first-order chi connectivity index (χ1) is 9.32. The third-order valence-electron chi connectivity index (χ3n) is 3.36. The summed E-state index contributed by atoms with van der Waals surface area (Å²) in [6.07, 6.45) is -0.824. The van der Waals surface area contributed by atoms with E-state index >= 15 is 0 Å². The quantitative estimate of drug-likeness (QED) is 0.831. The SMILES string of the molecule is CCN(C)S(=O)(=O)N(CC)CC(O)c1ccc(C)cc1. The van der Waals surface area contributed by atoms with Crippen molar-refractivity contribution in [2.24, 2.45) is 0 Å². The molecular formula is C14H24N2O3S. The molecule has 0 saturated heterocycles. The maximum atomic E-state index is 12.3. The van der Waals surface area contributed by atoms with E-state index in [0.29, 0.717) is 13.1 Å². The number of aryl methyl sites for hydroxylation is 1. The monoisotopic (exact) mass is 300 g/mol. The first-order valence-electron chi connectivity index (χ1n) is 6.79. The summed E-state index contributed by atoms with van der Waals surface area (Å²) >= 11 is 0. The average Bonchev–Trinajstić information content (AvgIpc) is 2.43. The summed E-state index contributed by atoms with van der Waals surface area (Å²) in [4.78, 5) is 0. The molecule has 1 atom stereocenters. The fourth-order valence-corrected chi connectivity index (χ4v) is 3.21. The van der Waals surface area contributed by atoms with Gasteiger partial charge in [0.15, 0.2) is 0 Å². The van der Waals surface area contributed by atoms with Crippen LogP contribution in [0.4, 0.5) is 0 Å². The van der Waals surface area contributed by atoms with Gasteiger partial charge >= 0.3 is 0 Å². The van der Waals surface area contributed by atoms with Crippen LogP contribution in [0.15, 0.2) is 24.3 Å². The molecule has 0 heterocycles. The highest BCUT2D eigenvalue weighted by Gasteiger charge is 2.26. The second-order valence-corrected chi connectivity index (χ2v) is 6.83. The molecule has 1 N–H and O–H groups in total. The molecule has 0 aliphatic carbocycles. The maximum Gasteiger partial charge on any atom is 0.281 e. The molecule has 0 aliphatic rings. The number of hydrogen-bond acceptors (Lipinski definition) is 3. The topological polar surface area (TPSA) is 60.9 Å². The van der Waals surface area contributed by atoms with Crippen LogP contribution in [-0.2, 0) is 10.2 Å². The maximum absolute atomic E-state index is 12.3. The minimum atomic E-state index is -3.51. The van der Waals surface area contributed by atoms with Crippen molar-refractivity contribution >= 4 is 10.2 Å². The van der Waals surface area contributed by atoms with Gasteiger partial charge in [0.25, 0.3) is 10.2 Å². The summed E-state index contributed by atoms with van der Waals surface area (Å²) in [5.74, 6) is 0. The van der Waals surface area contributed by atoms with Crippen LogP contribution in [0.1, 0.15) is 31.1 Å². The third kappa shape index (κ3) is 4.02. The molecule has 1 rings (SSSR count). The zero-order valence-corrected chi connectivity index (χ0v) is 13.4. The number of benzene rings is 1. The van der Waals surface area contributed by atoms with Crippen molar-refractivity contribution in [2.75, 3.05) is 26.7 Å². The lowest BCUT2D eigenvalue weighted by Gasteiger charge is -2.27. The van der Waals surface area contributed by atoms with Gasteiger partial charge in [0.2, 0.25) is 0 Å². The fraction of sp³-hybridized carbons (Fsp3) is 0.571. The zero-order valence-electron chi connectivity index (χ0n) is 12.6. The number of aliphatic hydroxyl groups excluding tert-OH is 1. The van der Waals surface area contributed by atoms with Crippen molar-refractivity contribution in [1.29, 1.82) is 0 Å². The van der Waals surface area contributed by atoms with E-state index in [1.807, 2.05) is 31.2 Å². The van der Waals surface area contributed by atoms with Crippen LogP contribution in [0, 0.1) is 6.92 Å². The Morgan fingerprint density at radius 3 is 2.15 bits per heavy atom. The molecule has 20 heavy (non-hydrogen) atoms. The Bertz CT molecular complexity index is 514. The van der Waals surface area contributed by atoms with Crippen LogP contribution in [0.3, 0.4) is 0 Å². The lowest BCUT2D eigenvalue weighted by atomic mass is 10.1. The minimum absolute atomic E-state index is 0.0617. The molecule has 0 aromatic heterocycles. The molecule has 114 valence electrons. The molecule has 0 radical (unpaired) electrons. The largest absolute Gasteiger partial charge is 0.387 e. The van der Waals surface area contributed by atoms with Crippen LogP contribution in [0.5, 0.6) is 0 Å². The molecule has 1 unspecified atom stereocenters. The van der Waals surface area contributed by atoms with Crippen molar-refractivity contribution in [3.05, 3.63) is 35.4 Å². The molecule has 1 aromatic carbocycles. The number of nitrogens with zero attached hydrogens (tertiary/aromatic N) is 2. The highest BCUT2D eigenvalue weighted by atomic mass is 32.2. The number of aliphatic hydroxyl groups is 1. The van der Waals surface area contributed by atoms with E-state index in [0.717, 1.165) is 11.1 Å². The van der Waals surface area contributed by atoms with Gasteiger partial charge in [-0.2, -0.15) is 17.0 Å². The lowest BCUT2D eigenvalue weighted by Crippen LogP contribution is -2.43. The molecule has 0 fully saturated rings. The second kappa shape index (κ2) is 7.17. The molecule has 0 aliphatic heterocycles. The van der Waals surface area contributed by atoms with Crippen molar-refractivity contribution < 1.29 is 13.5 Å². The number of likely N-dealkylation sites (N-methyl/N-ethyl adjacent to an activating group) is 1. The van der Waals surface area contributed by atoms with Gasteiger partial charge in [-0.05, 0) is 12.5 Å². The van der Waals surface area contributed by atoms with Gasteiger partial charge < -0.3 is 5.11 Å². The fourth-order valence-electron chi connectivity index (χ4n) is 1.83. The van der Waals surface area contributed by atoms with Crippen molar-refractivity contribution in [2.45, 2.75) is 26.9 Å².